The molecule has 0 aromatic heterocycles. The maximum absolute atomic E-state index is 12.6. The van der Waals surface area contributed by atoms with Crippen molar-refractivity contribution in [3.05, 3.63) is 59.7 Å². The molecule has 1 fully saturated rings. The molecule has 5 nitrogen and oxygen atoms in total. The lowest BCUT2D eigenvalue weighted by Crippen LogP contribution is -2.34. The molecule has 0 radical (unpaired) electrons. The maximum atomic E-state index is 12.6. The van der Waals surface area contributed by atoms with E-state index >= 15 is 0 Å². The molecule has 0 saturated carbocycles. The number of rotatable bonds is 7. The summed E-state index contributed by atoms with van der Waals surface area (Å²) >= 11 is 0. The SMILES string of the molecule is COc1ccc(C2CCCN2CCNS(=O)(=O)c2ccc(C(C)(C)C)cc2)cc1. The van der Waals surface area contributed by atoms with Crippen molar-refractivity contribution < 1.29 is 13.2 Å². The number of sulfonamides is 1. The summed E-state index contributed by atoms with van der Waals surface area (Å²) in [5, 5.41) is 0. The van der Waals surface area contributed by atoms with Gasteiger partial charge in [0, 0.05) is 19.1 Å². The number of nitrogens with one attached hydrogen (secondary N) is 1. The van der Waals surface area contributed by atoms with Gasteiger partial charge in [-0.25, -0.2) is 13.1 Å². The molecule has 0 bridgehead atoms. The van der Waals surface area contributed by atoms with Crippen LogP contribution in [-0.4, -0.2) is 40.1 Å². The van der Waals surface area contributed by atoms with Crippen LogP contribution < -0.4 is 9.46 Å². The number of benzene rings is 2. The lowest BCUT2D eigenvalue weighted by Gasteiger charge is -2.25. The minimum atomic E-state index is -3.50. The fourth-order valence-corrected chi connectivity index (χ4v) is 4.86. The average Bonchev–Trinajstić information content (AvgIpc) is 3.16. The van der Waals surface area contributed by atoms with Crippen molar-refractivity contribution in [1.29, 1.82) is 0 Å². The summed E-state index contributed by atoms with van der Waals surface area (Å²) in [5.41, 5.74) is 2.38. The first kappa shape index (κ1) is 21.8. The van der Waals surface area contributed by atoms with E-state index in [1.807, 2.05) is 24.3 Å². The van der Waals surface area contributed by atoms with E-state index in [1.54, 1.807) is 19.2 Å². The molecule has 1 saturated heterocycles. The van der Waals surface area contributed by atoms with E-state index < -0.39 is 10.0 Å². The van der Waals surface area contributed by atoms with E-state index in [4.69, 9.17) is 4.74 Å². The normalized spacial score (nSPS) is 18.1. The molecule has 1 atom stereocenters. The van der Waals surface area contributed by atoms with Crippen molar-refractivity contribution in [1.82, 2.24) is 9.62 Å². The summed E-state index contributed by atoms with van der Waals surface area (Å²) in [6.45, 7) is 8.42. The molecule has 1 N–H and O–H groups in total. The van der Waals surface area contributed by atoms with Crippen LogP contribution in [0.15, 0.2) is 53.4 Å². The van der Waals surface area contributed by atoms with Gasteiger partial charge in [-0.3, -0.25) is 4.90 Å². The highest BCUT2D eigenvalue weighted by atomic mass is 32.2. The Morgan fingerprint density at radius 3 is 2.31 bits per heavy atom. The van der Waals surface area contributed by atoms with E-state index in [1.165, 1.54) is 5.56 Å². The van der Waals surface area contributed by atoms with E-state index in [0.29, 0.717) is 24.0 Å². The van der Waals surface area contributed by atoms with Crippen LogP contribution in [0, 0.1) is 0 Å². The largest absolute Gasteiger partial charge is 0.497 e. The van der Waals surface area contributed by atoms with E-state index in [9.17, 15) is 8.42 Å². The highest BCUT2D eigenvalue weighted by Crippen LogP contribution is 2.32. The van der Waals surface area contributed by atoms with Gasteiger partial charge in [-0.1, -0.05) is 45.0 Å². The molecule has 0 aliphatic carbocycles. The summed E-state index contributed by atoms with van der Waals surface area (Å²) in [5.74, 6) is 0.850. The zero-order chi connectivity index (χ0) is 21.1. The van der Waals surface area contributed by atoms with Gasteiger partial charge in [0.05, 0.1) is 12.0 Å². The molecule has 0 amide bonds. The molecular weight excluding hydrogens is 384 g/mol. The standard InChI is InChI=1S/C23H32N2O3S/c1-23(2,3)19-9-13-21(14-10-19)29(26,27)24-15-17-25-16-5-6-22(25)18-7-11-20(28-4)12-8-18/h7-14,22,24H,5-6,15-17H2,1-4H3. The van der Waals surface area contributed by atoms with E-state index in [-0.39, 0.29) is 5.41 Å². The maximum Gasteiger partial charge on any atom is 0.240 e. The number of hydrogen-bond acceptors (Lipinski definition) is 4. The highest BCUT2D eigenvalue weighted by molar-refractivity contribution is 7.89. The predicted molar refractivity (Wildman–Crippen MR) is 117 cm³/mol. The second-order valence-corrected chi connectivity index (χ2v) is 10.4. The van der Waals surface area contributed by atoms with Gasteiger partial charge in [0.1, 0.15) is 5.75 Å². The van der Waals surface area contributed by atoms with Crippen LogP contribution in [-0.2, 0) is 15.4 Å². The van der Waals surface area contributed by atoms with Gasteiger partial charge in [0.15, 0.2) is 0 Å². The van der Waals surface area contributed by atoms with Crippen LogP contribution in [0.2, 0.25) is 0 Å². The Morgan fingerprint density at radius 1 is 1.07 bits per heavy atom. The summed E-state index contributed by atoms with van der Waals surface area (Å²) < 4.78 is 33.3. The first-order chi connectivity index (χ1) is 13.7. The van der Waals surface area contributed by atoms with Crippen molar-refractivity contribution >= 4 is 10.0 Å². The topological polar surface area (TPSA) is 58.6 Å². The molecular formula is C23H32N2O3S. The average molecular weight is 417 g/mol. The molecule has 3 rings (SSSR count). The van der Waals surface area contributed by atoms with Gasteiger partial charge in [0.25, 0.3) is 0 Å². The number of hydrogen-bond donors (Lipinski definition) is 1. The zero-order valence-electron chi connectivity index (χ0n) is 17.8. The Bertz CT molecular complexity index is 901. The number of likely N-dealkylation sites (tertiary alicyclic amines) is 1. The minimum absolute atomic E-state index is 0.00193. The van der Waals surface area contributed by atoms with Crippen LogP contribution in [0.25, 0.3) is 0 Å². The highest BCUT2D eigenvalue weighted by Gasteiger charge is 2.26. The quantitative estimate of drug-likeness (QED) is 0.738. The van der Waals surface area contributed by atoms with Crippen molar-refractivity contribution in [3.63, 3.8) is 0 Å². The number of methoxy groups -OCH3 is 1. The van der Waals surface area contributed by atoms with Crippen molar-refractivity contribution in [2.75, 3.05) is 26.7 Å². The Kier molecular flexibility index (Phi) is 6.66. The molecule has 6 heteroatoms. The smallest absolute Gasteiger partial charge is 0.240 e. The lowest BCUT2D eigenvalue weighted by atomic mass is 9.87. The fraction of sp³-hybridized carbons (Fsp3) is 0.478. The van der Waals surface area contributed by atoms with Crippen LogP contribution in [0.4, 0.5) is 0 Å². The summed E-state index contributed by atoms with van der Waals surface area (Å²) in [6, 6.07) is 15.7. The predicted octanol–water partition coefficient (Wildman–Crippen LogP) is 4.11. The van der Waals surface area contributed by atoms with Gasteiger partial charge < -0.3 is 4.74 Å². The van der Waals surface area contributed by atoms with E-state index in [0.717, 1.165) is 30.7 Å². The Hall–Kier alpha value is -1.89. The molecule has 1 aliphatic heterocycles. The summed E-state index contributed by atoms with van der Waals surface area (Å²) in [4.78, 5) is 2.67. The first-order valence-electron chi connectivity index (χ1n) is 10.2. The molecule has 158 valence electrons. The van der Waals surface area contributed by atoms with Crippen LogP contribution in [0.1, 0.15) is 50.8 Å². The van der Waals surface area contributed by atoms with Gasteiger partial charge in [-0.15, -0.1) is 0 Å². The summed E-state index contributed by atoms with van der Waals surface area (Å²) in [6.07, 6.45) is 2.21. The molecule has 29 heavy (non-hydrogen) atoms. The van der Waals surface area contributed by atoms with Gasteiger partial charge in [0.2, 0.25) is 10.0 Å². The zero-order valence-corrected chi connectivity index (χ0v) is 18.6. The Morgan fingerprint density at radius 2 is 1.72 bits per heavy atom. The Labute approximate surface area is 175 Å². The molecule has 1 heterocycles. The fourth-order valence-electron chi connectivity index (χ4n) is 3.84. The molecule has 0 spiro atoms. The van der Waals surface area contributed by atoms with E-state index in [2.05, 4.69) is 42.5 Å². The van der Waals surface area contributed by atoms with Crippen LogP contribution in [0.5, 0.6) is 5.75 Å². The van der Waals surface area contributed by atoms with Crippen molar-refractivity contribution in [2.24, 2.45) is 0 Å². The second kappa shape index (κ2) is 8.86. The van der Waals surface area contributed by atoms with Gasteiger partial charge in [-0.2, -0.15) is 0 Å². The third-order valence-corrected chi connectivity index (χ3v) is 7.06. The minimum Gasteiger partial charge on any atom is -0.497 e. The summed E-state index contributed by atoms with van der Waals surface area (Å²) in [7, 11) is -1.83. The van der Waals surface area contributed by atoms with Crippen molar-refractivity contribution in [2.45, 2.75) is 50.0 Å². The molecule has 2 aromatic carbocycles. The second-order valence-electron chi connectivity index (χ2n) is 8.64. The molecule has 1 unspecified atom stereocenters. The lowest BCUT2D eigenvalue weighted by molar-refractivity contribution is 0.261. The van der Waals surface area contributed by atoms with Gasteiger partial charge in [-0.05, 0) is 60.2 Å². The van der Waals surface area contributed by atoms with Gasteiger partial charge >= 0.3 is 0 Å². The molecule has 2 aromatic rings. The Balaban J connectivity index is 1.59. The third kappa shape index (κ3) is 5.38. The third-order valence-electron chi connectivity index (χ3n) is 5.59. The molecule has 1 aliphatic rings. The van der Waals surface area contributed by atoms with Crippen LogP contribution >= 0.6 is 0 Å². The monoisotopic (exact) mass is 416 g/mol. The van der Waals surface area contributed by atoms with Crippen molar-refractivity contribution in [3.8, 4) is 5.75 Å². The number of ether oxygens (including phenoxy) is 1. The van der Waals surface area contributed by atoms with Crippen LogP contribution in [0.3, 0.4) is 0 Å². The number of nitrogens with zero attached hydrogens (tertiary/aromatic N) is 1. The first-order valence-corrected chi connectivity index (χ1v) is 11.7.